The second-order valence-corrected chi connectivity index (χ2v) is 4.89. The topological polar surface area (TPSA) is 29.0 Å². The zero-order chi connectivity index (χ0) is 12.7. The van der Waals surface area contributed by atoms with Crippen LogP contribution in [0.5, 0.6) is 0 Å². The van der Waals surface area contributed by atoms with E-state index >= 15 is 0 Å². The van der Waals surface area contributed by atoms with Gasteiger partial charge >= 0.3 is 0 Å². The van der Waals surface area contributed by atoms with Gasteiger partial charge in [0.05, 0.1) is 0 Å². The lowest BCUT2D eigenvalue weighted by atomic mass is 10.2. The molecule has 1 rings (SSSR count). The SMILES string of the molecule is CCCCN(c1ncc(CBr)cn1)C(C)CC. The van der Waals surface area contributed by atoms with E-state index in [0.29, 0.717) is 6.04 Å². The van der Waals surface area contributed by atoms with Crippen LogP contribution in [0.3, 0.4) is 0 Å². The predicted octanol–water partition coefficient (Wildman–Crippen LogP) is 3.78. The second kappa shape index (κ2) is 7.64. The largest absolute Gasteiger partial charge is 0.338 e. The van der Waals surface area contributed by atoms with Crippen molar-refractivity contribution in [1.29, 1.82) is 0 Å². The Bertz CT molecular complexity index is 313. The van der Waals surface area contributed by atoms with Gasteiger partial charge in [0.25, 0.3) is 0 Å². The van der Waals surface area contributed by atoms with Crippen molar-refractivity contribution in [2.24, 2.45) is 0 Å². The summed E-state index contributed by atoms with van der Waals surface area (Å²) in [5.74, 6) is 0.859. The second-order valence-electron chi connectivity index (χ2n) is 4.33. The highest BCUT2D eigenvalue weighted by molar-refractivity contribution is 9.08. The third kappa shape index (κ3) is 4.26. The quantitative estimate of drug-likeness (QED) is 0.718. The standard InChI is InChI=1S/C13H22BrN3/c1-4-6-7-17(11(3)5-2)13-15-9-12(8-14)10-16-13/h9-11H,4-8H2,1-3H3. The van der Waals surface area contributed by atoms with E-state index in [1.807, 2.05) is 12.4 Å². The van der Waals surface area contributed by atoms with Gasteiger partial charge in [-0.2, -0.15) is 0 Å². The molecule has 1 aromatic rings. The summed E-state index contributed by atoms with van der Waals surface area (Å²) in [4.78, 5) is 11.2. The maximum Gasteiger partial charge on any atom is 0.225 e. The van der Waals surface area contributed by atoms with E-state index in [-0.39, 0.29) is 0 Å². The highest BCUT2D eigenvalue weighted by Gasteiger charge is 2.14. The predicted molar refractivity (Wildman–Crippen MR) is 76.7 cm³/mol. The average molecular weight is 300 g/mol. The molecular formula is C13H22BrN3. The lowest BCUT2D eigenvalue weighted by molar-refractivity contribution is 0.582. The molecule has 0 fully saturated rings. The molecule has 1 atom stereocenters. The Labute approximate surface area is 113 Å². The van der Waals surface area contributed by atoms with Gasteiger partial charge in [-0.15, -0.1) is 0 Å². The first kappa shape index (κ1) is 14.4. The fourth-order valence-corrected chi connectivity index (χ4v) is 1.92. The molecule has 0 N–H and O–H groups in total. The molecule has 0 aromatic carbocycles. The van der Waals surface area contributed by atoms with E-state index in [9.17, 15) is 0 Å². The van der Waals surface area contributed by atoms with E-state index in [2.05, 4.69) is 51.6 Å². The fraction of sp³-hybridized carbons (Fsp3) is 0.692. The maximum absolute atomic E-state index is 4.46. The molecule has 0 radical (unpaired) electrons. The Morgan fingerprint density at radius 2 is 1.94 bits per heavy atom. The smallest absolute Gasteiger partial charge is 0.225 e. The summed E-state index contributed by atoms with van der Waals surface area (Å²) in [6.07, 6.45) is 7.31. The van der Waals surface area contributed by atoms with E-state index in [0.717, 1.165) is 29.8 Å². The van der Waals surface area contributed by atoms with Crippen molar-refractivity contribution >= 4 is 21.9 Å². The van der Waals surface area contributed by atoms with Crippen LogP contribution in [0, 0.1) is 0 Å². The number of unbranched alkanes of at least 4 members (excludes halogenated alkanes) is 1. The number of halogens is 1. The monoisotopic (exact) mass is 299 g/mol. The van der Waals surface area contributed by atoms with Crippen LogP contribution in [0.15, 0.2) is 12.4 Å². The van der Waals surface area contributed by atoms with Gasteiger partial charge in [0, 0.05) is 30.3 Å². The van der Waals surface area contributed by atoms with Crippen molar-refractivity contribution in [1.82, 2.24) is 9.97 Å². The first-order valence-corrected chi connectivity index (χ1v) is 7.48. The fourth-order valence-electron chi connectivity index (χ4n) is 1.63. The number of anilines is 1. The molecule has 1 unspecified atom stereocenters. The normalized spacial score (nSPS) is 12.5. The van der Waals surface area contributed by atoms with Crippen LogP contribution in [0.2, 0.25) is 0 Å². The first-order valence-electron chi connectivity index (χ1n) is 6.36. The lowest BCUT2D eigenvalue weighted by Crippen LogP contribution is -2.34. The molecule has 96 valence electrons. The van der Waals surface area contributed by atoms with E-state index in [1.165, 1.54) is 12.8 Å². The number of hydrogen-bond donors (Lipinski definition) is 0. The molecule has 1 aromatic heterocycles. The van der Waals surface area contributed by atoms with Gasteiger partial charge < -0.3 is 4.90 Å². The zero-order valence-electron chi connectivity index (χ0n) is 11.0. The lowest BCUT2D eigenvalue weighted by Gasteiger charge is -2.28. The molecule has 4 heteroatoms. The summed E-state index contributed by atoms with van der Waals surface area (Å²) in [5, 5.41) is 0.811. The van der Waals surface area contributed by atoms with Crippen LogP contribution in [0.1, 0.15) is 45.6 Å². The summed E-state index contributed by atoms with van der Waals surface area (Å²) < 4.78 is 0. The number of rotatable bonds is 7. The molecule has 0 aliphatic rings. The molecule has 0 amide bonds. The number of nitrogens with zero attached hydrogens (tertiary/aromatic N) is 3. The minimum atomic E-state index is 0.497. The van der Waals surface area contributed by atoms with Gasteiger partial charge in [0.2, 0.25) is 5.95 Å². The minimum Gasteiger partial charge on any atom is -0.338 e. The van der Waals surface area contributed by atoms with Crippen molar-refractivity contribution in [2.75, 3.05) is 11.4 Å². The minimum absolute atomic E-state index is 0.497. The van der Waals surface area contributed by atoms with Crippen LogP contribution in [-0.2, 0) is 5.33 Å². The van der Waals surface area contributed by atoms with Gasteiger partial charge in [0.15, 0.2) is 0 Å². The highest BCUT2D eigenvalue weighted by atomic mass is 79.9. The molecule has 17 heavy (non-hydrogen) atoms. The zero-order valence-corrected chi connectivity index (χ0v) is 12.6. The van der Waals surface area contributed by atoms with E-state index < -0.39 is 0 Å². The third-order valence-corrected chi connectivity index (χ3v) is 3.63. The van der Waals surface area contributed by atoms with Gasteiger partial charge in [-0.05, 0) is 25.3 Å². The summed E-state index contributed by atoms with van der Waals surface area (Å²) in [6.45, 7) is 7.69. The highest BCUT2D eigenvalue weighted by Crippen LogP contribution is 2.15. The number of hydrogen-bond acceptors (Lipinski definition) is 3. The third-order valence-electron chi connectivity index (χ3n) is 2.98. The van der Waals surface area contributed by atoms with Crippen molar-refractivity contribution in [2.45, 2.75) is 51.4 Å². The van der Waals surface area contributed by atoms with Crippen LogP contribution < -0.4 is 4.90 Å². The summed E-state index contributed by atoms with van der Waals surface area (Å²) in [6, 6.07) is 0.497. The van der Waals surface area contributed by atoms with Gasteiger partial charge in [-0.25, -0.2) is 9.97 Å². The van der Waals surface area contributed by atoms with Crippen molar-refractivity contribution in [3.63, 3.8) is 0 Å². The molecule has 1 heterocycles. The average Bonchev–Trinajstić information content (AvgIpc) is 2.39. The van der Waals surface area contributed by atoms with Crippen LogP contribution in [0.4, 0.5) is 5.95 Å². The molecule has 0 aliphatic heterocycles. The van der Waals surface area contributed by atoms with Gasteiger partial charge in [-0.1, -0.05) is 36.2 Å². The molecule has 0 saturated carbocycles. The van der Waals surface area contributed by atoms with Crippen LogP contribution >= 0.6 is 15.9 Å². The summed E-state index contributed by atoms with van der Waals surface area (Å²) >= 11 is 3.41. The number of aromatic nitrogens is 2. The Hall–Kier alpha value is -0.640. The molecule has 0 aliphatic carbocycles. The molecule has 0 spiro atoms. The van der Waals surface area contributed by atoms with Gasteiger partial charge in [-0.3, -0.25) is 0 Å². The maximum atomic E-state index is 4.46. The Morgan fingerprint density at radius 3 is 2.41 bits per heavy atom. The molecule has 0 saturated heterocycles. The van der Waals surface area contributed by atoms with Crippen molar-refractivity contribution in [3.05, 3.63) is 18.0 Å². The Balaban J connectivity index is 2.79. The Kier molecular flexibility index (Phi) is 6.48. The van der Waals surface area contributed by atoms with Gasteiger partial charge in [0.1, 0.15) is 0 Å². The van der Waals surface area contributed by atoms with E-state index in [1.54, 1.807) is 0 Å². The number of alkyl halides is 1. The summed E-state index contributed by atoms with van der Waals surface area (Å²) in [7, 11) is 0. The van der Waals surface area contributed by atoms with Crippen LogP contribution in [0.25, 0.3) is 0 Å². The first-order chi connectivity index (χ1) is 8.22. The van der Waals surface area contributed by atoms with Crippen molar-refractivity contribution in [3.8, 4) is 0 Å². The molecule has 3 nitrogen and oxygen atoms in total. The molecular weight excluding hydrogens is 278 g/mol. The van der Waals surface area contributed by atoms with E-state index in [4.69, 9.17) is 0 Å². The molecule has 0 bridgehead atoms. The van der Waals surface area contributed by atoms with Crippen molar-refractivity contribution < 1.29 is 0 Å². The summed E-state index contributed by atoms with van der Waals surface area (Å²) in [5.41, 5.74) is 1.12. The Morgan fingerprint density at radius 1 is 1.29 bits per heavy atom. The van der Waals surface area contributed by atoms with Crippen LogP contribution in [-0.4, -0.2) is 22.6 Å².